The van der Waals surface area contributed by atoms with E-state index >= 15 is 0 Å². The van der Waals surface area contributed by atoms with Crippen LogP contribution in [-0.2, 0) is 0 Å². The molecule has 0 heterocycles. The molecule has 0 amide bonds. The van der Waals surface area contributed by atoms with Crippen LogP contribution in [0.3, 0.4) is 0 Å². The van der Waals surface area contributed by atoms with Crippen LogP contribution in [0.15, 0.2) is 42.5 Å². The Hall–Kier alpha value is -2.40. The molecule has 0 unspecified atom stereocenters. The number of rotatable bonds is 2. The Morgan fingerprint density at radius 1 is 1.12 bits per heavy atom. The molecule has 2 nitrogen and oxygen atoms in total. The summed E-state index contributed by atoms with van der Waals surface area (Å²) in [6, 6.07) is 15.1. The van der Waals surface area contributed by atoms with Gasteiger partial charge in [0, 0.05) is 11.1 Å². The zero-order chi connectivity index (χ0) is 12.3. The van der Waals surface area contributed by atoms with Gasteiger partial charge in [-0.3, -0.25) is 4.79 Å². The van der Waals surface area contributed by atoms with Crippen LogP contribution < -0.4 is 0 Å². The lowest BCUT2D eigenvalue weighted by molar-refractivity contribution is 0.112. The molecule has 0 atom stereocenters. The third-order valence-corrected chi connectivity index (χ3v) is 2.67. The predicted molar refractivity (Wildman–Crippen MR) is 66.7 cm³/mol. The minimum absolute atomic E-state index is 0.588. The molecule has 2 aromatic carbocycles. The number of aldehydes is 1. The highest BCUT2D eigenvalue weighted by Gasteiger charge is 2.08. The van der Waals surface area contributed by atoms with Gasteiger partial charge in [-0.1, -0.05) is 42.0 Å². The largest absolute Gasteiger partial charge is 0.298 e. The number of benzene rings is 2. The molecule has 0 aliphatic rings. The Bertz CT molecular complexity index is 609. The van der Waals surface area contributed by atoms with Crippen molar-refractivity contribution in [1.82, 2.24) is 0 Å². The summed E-state index contributed by atoms with van der Waals surface area (Å²) < 4.78 is 0. The first kappa shape index (κ1) is 11.1. The monoisotopic (exact) mass is 221 g/mol. The SMILES string of the molecule is Cc1ccc(C#N)c(-c2ccccc2C=O)c1. The zero-order valence-corrected chi connectivity index (χ0v) is 9.47. The van der Waals surface area contributed by atoms with E-state index in [0.717, 1.165) is 23.0 Å². The van der Waals surface area contributed by atoms with Gasteiger partial charge in [0.1, 0.15) is 0 Å². The highest BCUT2D eigenvalue weighted by molar-refractivity contribution is 5.89. The molecule has 82 valence electrons. The van der Waals surface area contributed by atoms with Crippen molar-refractivity contribution < 1.29 is 4.79 Å². The van der Waals surface area contributed by atoms with Crippen molar-refractivity contribution in [3.63, 3.8) is 0 Å². The normalized spacial score (nSPS) is 9.65. The van der Waals surface area contributed by atoms with E-state index in [9.17, 15) is 4.79 Å². The van der Waals surface area contributed by atoms with Crippen molar-refractivity contribution in [1.29, 1.82) is 5.26 Å². The highest BCUT2D eigenvalue weighted by atomic mass is 16.1. The molecule has 0 saturated carbocycles. The number of carbonyl (C=O) groups is 1. The summed E-state index contributed by atoms with van der Waals surface area (Å²) >= 11 is 0. The molecular formula is C15H11NO. The summed E-state index contributed by atoms with van der Waals surface area (Å²) in [7, 11) is 0. The number of hydrogen-bond donors (Lipinski definition) is 0. The van der Waals surface area contributed by atoms with Gasteiger partial charge in [0.15, 0.2) is 6.29 Å². The Kier molecular flexibility index (Phi) is 3.02. The van der Waals surface area contributed by atoms with Crippen LogP contribution in [0.25, 0.3) is 11.1 Å². The van der Waals surface area contributed by atoms with Crippen LogP contribution in [-0.4, -0.2) is 6.29 Å². The molecule has 0 aromatic heterocycles. The smallest absolute Gasteiger partial charge is 0.150 e. The van der Waals surface area contributed by atoms with Gasteiger partial charge in [0.05, 0.1) is 11.6 Å². The minimum atomic E-state index is 0.588. The molecule has 2 heteroatoms. The maximum Gasteiger partial charge on any atom is 0.150 e. The molecule has 2 aromatic rings. The van der Waals surface area contributed by atoms with Crippen LogP contribution in [0.1, 0.15) is 21.5 Å². The number of aryl methyl sites for hydroxylation is 1. The molecule has 2 rings (SSSR count). The lowest BCUT2D eigenvalue weighted by atomic mass is 9.95. The van der Waals surface area contributed by atoms with Crippen LogP contribution in [0, 0.1) is 18.3 Å². The lowest BCUT2D eigenvalue weighted by Crippen LogP contribution is -1.91. The number of hydrogen-bond acceptors (Lipinski definition) is 2. The molecule has 0 radical (unpaired) electrons. The predicted octanol–water partition coefficient (Wildman–Crippen LogP) is 3.35. The molecule has 0 fully saturated rings. The van der Waals surface area contributed by atoms with Crippen molar-refractivity contribution in [2.75, 3.05) is 0 Å². The molecule has 0 aliphatic heterocycles. The Morgan fingerprint density at radius 3 is 2.59 bits per heavy atom. The first-order chi connectivity index (χ1) is 8.26. The van der Waals surface area contributed by atoms with Gasteiger partial charge in [0.2, 0.25) is 0 Å². The molecule has 0 N–H and O–H groups in total. The third-order valence-electron chi connectivity index (χ3n) is 2.67. The molecule has 0 aliphatic carbocycles. The van der Waals surface area contributed by atoms with Crippen LogP contribution in [0.5, 0.6) is 0 Å². The summed E-state index contributed by atoms with van der Waals surface area (Å²) in [5.41, 5.74) is 3.89. The number of nitriles is 1. The average Bonchev–Trinajstić information content (AvgIpc) is 2.38. The van der Waals surface area contributed by atoms with E-state index in [1.807, 2.05) is 37.3 Å². The fourth-order valence-electron chi connectivity index (χ4n) is 1.82. The molecule has 17 heavy (non-hydrogen) atoms. The maximum absolute atomic E-state index is 11.0. The first-order valence-corrected chi connectivity index (χ1v) is 5.31. The fraction of sp³-hybridized carbons (Fsp3) is 0.0667. The summed E-state index contributed by atoms with van der Waals surface area (Å²) in [5.74, 6) is 0. The summed E-state index contributed by atoms with van der Waals surface area (Å²) in [6.07, 6.45) is 0.818. The lowest BCUT2D eigenvalue weighted by Gasteiger charge is -2.07. The quantitative estimate of drug-likeness (QED) is 0.730. The Labute approximate surface area is 100 Å². The first-order valence-electron chi connectivity index (χ1n) is 5.31. The van der Waals surface area contributed by atoms with E-state index in [0.29, 0.717) is 11.1 Å². The van der Waals surface area contributed by atoms with E-state index in [2.05, 4.69) is 6.07 Å². The fourth-order valence-corrected chi connectivity index (χ4v) is 1.82. The van der Waals surface area contributed by atoms with E-state index in [-0.39, 0.29) is 0 Å². The van der Waals surface area contributed by atoms with Crippen molar-refractivity contribution in [3.8, 4) is 17.2 Å². The maximum atomic E-state index is 11.0. The van der Waals surface area contributed by atoms with Gasteiger partial charge in [0.25, 0.3) is 0 Å². The van der Waals surface area contributed by atoms with Crippen molar-refractivity contribution in [3.05, 3.63) is 59.2 Å². The minimum Gasteiger partial charge on any atom is -0.298 e. The molecule has 0 saturated heterocycles. The number of carbonyl (C=O) groups excluding carboxylic acids is 1. The third kappa shape index (κ3) is 2.09. The van der Waals surface area contributed by atoms with E-state index in [1.165, 1.54) is 0 Å². The summed E-state index contributed by atoms with van der Waals surface area (Å²) in [5, 5.41) is 9.10. The second-order valence-corrected chi connectivity index (χ2v) is 3.87. The second kappa shape index (κ2) is 4.63. The van der Waals surface area contributed by atoms with Gasteiger partial charge < -0.3 is 0 Å². The van der Waals surface area contributed by atoms with E-state index < -0.39 is 0 Å². The van der Waals surface area contributed by atoms with Gasteiger partial charge in [-0.25, -0.2) is 0 Å². The van der Waals surface area contributed by atoms with Gasteiger partial charge in [-0.2, -0.15) is 5.26 Å². The Balaban J connectivity index is 2.72. The Morgan fingerprint density at radius 2 is 1.88 bits per heavy atom. The van der Waals surface area contributed by atoms with Crippen molar-refractivity contribution in [2.45, 2.75) is 6.92 Å². The van der Waals surface area contributed by atoms with Crippen molar-refractivity contribution >= 4 is 6.29 Å². The van der Waals surface area contributed by atoms with Crippen molar-refractivity contribution in [2.24, 2.45) is 0 Å². The zero-order valence-electron chi connectivity index (χ0n) is 9.47. The summed E-state index contributed by atoms with van der Waals surface area (Å²) in [4.78, 5) is 11.0. The standard InChI is InChI=1S/C15H11NO/c1-11-6-7-12(9-16)15(8-11)14-5-3-2-4-13(14)10-17/h2-8,10H,1H3. The van der Waals surface area contributed by atoms with Crippen LogP contribution in [0.4, 0.5) is 0 Å². The van der Waals surface area contributed by atoms with Gasteiger partial charge >= 0.3 is 0 Å². The molecule has 0 spiro atoms. The summed E-state index contributed by atoms with van der Waals surface area (Å²) in [6.45, 7) is 1.97. The average molecular weight is 221 g/mol. The van der Waals surface area contributed by atoms with Crippen LogP contribution >= 0.6 is 0 Å². The second-order valence-electron chi connectivity index (χ2n) is 3.87. The molecule has 0 bridgehead atoms. The molecular weight excluding hydrogens is 210 g/mol. The van der Waals surface area contributed by atoms with Crippen LogP contribution in [0.2, 0.25) is 0 Å². The van der Waals surface area contributed by atoms with E-state index in [1.54, 1.807) is 12.1 Å². The van der Waals surface area contributed by atoms with Gasteiger partial charge in [-0.05, 0) is 18.6 Å². The van der Waals surface area contributed by atoms with E-state index in [4.69, 9.17) is 5.26 Å². The highest BCUT2D eigenvalue weighted by Crippen LogP contribution is 2.26. The van der Waals surface area contributed by atoms with Gasteiger partial charge in [-0.15, -0.1) is 0 Å². The topological polar surface area (TPSA) is 40.9 Å². The number of nitrogens with zero attached hydrogens (tertiary/aromatic N) is 1.